The first-order valence-corrected chi connectivity index (χ1v) is 12.3. The van der Waals surface area contributed by atoms with Gasteiger partial charge in [0.1, 0.15) is 0 Å². The van der Waals surface area contributed by atoms with E-state index in [-0.39, 0.29) is 5.43 Å². The normalized spacial score (nSPS) is 14.2. The van der Waals surface area contributed by atoms with Crippen molar-refractivity contribution in [2.45, 2.75) is 23.8 Å². The molecule has 1 amide bonds. The molecule has 182 valence electrons. The smallest absolute Gasteiger partial charge is 0.412 e. The second-order valence-electron chi connectivity index (χ2n) is 8.00. The van der Waals surface area contributed by atoms with Crippen molar-refractivity contribution in [2.75, 3.05) is 32.5 Å². The SMILES string of the molecule is COc1cc2c(c(OC)c1OC)-c1ccc(SC)c(=O)cc1C(N(C(=O)O)c1ccccc1)CC2. The summed E-state index contributed by atoms with van der Waals surface area (Å²) in [6.45, 7) is 0. The summed E-state index contributed by atoms with van der Waals surface area (Å²) in [5, 5.41) is 10.3. The number of benzene rings is 2. The lowest BCUT2D eigenvalue weighted by atomic mass is 9.95. The Kier molecular flexibility index (Phi) is 7.21. The standard InChI is InChI=1S/C27H27NO6S/c1-32-22-14-16-10-12-20(28(27(30)31)17-8-6-5-7-9-17)19-15-21(29)23(35-4)13-11-18(19)24(16)26(34-3)25(22)33-2/h5-9,11,13-15,20H,10,12H2,1-4H3,(H,30,31). The zero-order valence-electron chi connectivity index (χ0n) is 20.0. The fraction of sp³-hybridized carbons (Fsp3) is 0.259. The van der Waals surface area contributed by atoms with Crippen LogP contribution in [0.4, 0.5) is 10.5 Å². The molecule has 7 nitrogen and oxygen atoms in total. The average molecular weight is 494 g/mol. The van der Waals surface area contributed by atoms with Gasteiger partial charge in [-0.05, 0) is 66.1 Å². The van der Waals surface area contributed by atoms with Crippen LogP contribution in [0.25, 0.3) is 11.1 Å². The van der Waals surface area contributed by atoms with Gasteiger partial charge >= 0.3 is 6.09 Å². The van der Waals surface area contributed by atoms with Gasteiger partial charge in [-0.15, -0.1) is 11.8 Å². The Morgan fingerprint density at radius 2 is 1.71 bits per heavy atom. The molecule has 1 N–H and O–H groups in total. The molecule has 1 unspecified atom stereocenters. The lowest BCUT2D eigenvalue weighted by Gasteiger charge is -2.29. The Morgan fingerprint density at radius 1 is 1.00 bits per heavy atom. The molecule has 0 spiro atoms. The van der Waals surface area contributed by atoms with Gasteiger partial charge in [-0.1, -0.05) is 24.3 Å². The summed E-state index contributed by atoms with van der Waals surface area (Å²) < 4.78 is 17.0. The van der Waals surface area contributed by atoms with E-state index in [4.69, 9.17) is 14.2 Å². The van der Waals surface area contributed by atoms with Crippen LogP contribution in [0.5, 0.6) is 17.2 Å². The first-order chi connectivity index (χ1) is 16.9. The minimum Gasteiger partial charge on any atom is -0.493 e. The van der Waals surface area contributed by atoms with E-state index in [0.29, 0.717) is 46.2 Å². The van der Waals surface area contributed by atoms with Gasteiger partial charge in [0, 0.05) is 11.3 Å². The van der Waals surface area contributed by atoms with E-state index in [0.717, 1.165) is 16.7 Å². The van der Waals surface area contributed by atoms with Gasteiger partial charge in [-0.3, -0.25) is 9.69 Å². The van der Waals surface area contributed by atoms with Crippen LogP contribution in [0.15, 0.2) is 64.3 Å². The maximum Gasteiger partial charge on any atom is 0.412 e. The highest BCUT2D eigenvalue weighted by molar-refractivity contribution is 7.98. The molecule has 1 aliphatic carbocycles. The van der Waals surface area contributed by atoms with E-state index in [2.05, 4.69) is 0 Å². The number of ether oxygens (including phenoxy) is 3. The van der Waals surface area contributed by atoms with Crippen LogP contribution in [0.1, 0.15) is 23.6 Å². The molecule has 3 aromatic carbocycles. The molecular weight excluding hydrogens is 466 g/mol. The third-order valence-corrected chi connectivity index (χ3v) is 7.02. The number of amides is 1. The number of hydrogen-bond donors (Lipinski definition) is 1. The number of methoxy groups -OCH3 is 3. The van der Waals surface area contributed by atoms with Gasteiger partial charge in [-0.25, -0.2) is 4.79 Å². The van der Waals surface area contributed by atoms with Crippen LogP contribution in [-0.4, -0.2) is 38.8 Å². The second kappa shape index (κ2) is 10.3. The minimum absolute atomic E-state index is 0.162. The molecule has 0 aliphatic heterocycles. The summed E-state index contributed by atoms with van der Waals surface area (Å²) >= 11 is 1.35. The quantitative estimate of drug-likeness (QED) is 0.445. The van der Waals surface area contributed by atoms with Crippen LogP contribution in [0, 0.1) is 0 Å². The zero-order valence-corrected chi connectivity index (χ0v) is 20.8. The van der Waals surface area contributed by atoms with Gasteiger partial charge in [0.2, 0.25) is 5.75 Å². The van der Waals surface area contributed by atoms with Crippen LogP contribution in [-0.2, 0) is 6.42 Å². The number of hydrogen-bond acceptors (Lipinski definition) is 6. The molecule has 8 heteroatoms. The zero-order chi connectivity index (χ0) is 25.1. The van der Waals surface area contributed by atoms with E-state index in [1.807, 2.05) is 24.5 Å². The summed E-state index contributed by atoms with van der Waals surface area (Å²) in [6.07, 6.45) is 1.74. The highest BCUT2D eigenvalue weighted by Gasteiger charge is 2.34. The van der Waals surface area contributed by atoms with Gasteiger partial charge in [0.05, 0.1) is 32.3 Å². The number of carboxylic acid groups (broad SMARTS) is 1. The molecule has 0 heterocycles. The number of aryl methyl sites for hydroxylation is 1. The Balaban J connectivity index is 2.09. The monoisotopic (exact) mass is 493 g/mol. The van der Waals surface area contributed by atoms with Crippen LogP contribution in [0.2, 0.25) is 0 Å². The van der Waals surface area contributed by atoms with Crippen molar-refractivity contribution in [3.63, 3.8) is 0 Å². The number of carbonyl (C=O) groups is 1. The Bertz CT molecular complexity index is 1310. The van der Waals surface area contributed by atoms with Crippen molar-refractivity contribution in [1.82, 2.24) is 0 Å². The first kappa shape index (κ1) is 24.5. The molecule has 3 aromatic rings. The van der Waals surface area contributed by atoms with Crippen molar-refractivity contribution >= 4 is 23.5 Å². The molecule has 4 rings (SSSR count). The van der Waals surface area contributed by atoms with E-state index in [1.54, 1.807) is 57.7 Å². The first-order valence-electron chi connectivity index (χ1n) is 11.1. The Labute approximate surface area is 208 Å². The summed E-state index contributed by atoms with van der Waals surface area (Å²) in [4.78, 5) is 27.6. The topological polar surface area (TPSA) is 85.3 Å². The second-order valence-corrected chi connectivity index (χ2v) is 8.85. The van der Waals surface area contributed by atoms with Crippen molar-refractivity contribution < 1.29 is 24.1 Å². The van der Waals surface area contributed by atoms with Crippen LogP contribution >= 0.6 is 11.8 Å². The van der Waals surface area contributed by atoms with Crippen molar-refractivity contribution in [2.24, 2.45) is 0 Å². The summed E-state index contributed by atoms with van der Waals surface area (Å²) in [7, 11) is 4.66. The molecule has 0 aromatic heterocycles. The number of para-hydroxylation sites is 1. The molecule has 0 fully saturated rings. The molecule has 0 radical (unpaired) electrons. The number of rotatable bonds is 6. The number of thioether (sulfide) groups is 1. The predicted molar refractivity (Wildman–Crippen MR) is 138 cm³/mol. The highest BCUT2D eigenvalue weighted by Crippen LogP contribution is 2.51. The number of fused-ring (bicyclic) bond motifs is 3. The summed E-state index contributed by atoms with van der Waals surface area (Å²) in [6, 6.07) is 15.5. The van der Waals surface area contributed by atoms with Crippen LogP contribution in [0.3, 0.4) is 0 Å². The third-order valence-electron chi connectivity index (χ3n) is 6.24. The summed E-state index contributed by atoms with van der Waals surface area (Å²) in [5.74, 6) is 1.45. The Hall–Kier alpha value is -3.65. The number of anilines is 1. The van der Waals surface area contributed by atoms with Gasteiger partial charge < -0.3 is 19.3 Å². The van der Waals surface area contributed by atoms with Crippen molar-refractivity contribution in [3.05, 3.63) is 75.9 Å². The van der Waals surface area contributed by atoms with Gasteiger partial charge in [-0.2, -0.15) is 0 Å². The molecule has 0 bridgehead atoms. The number of nitrogens with zero attached hydrogens (tertiary/aromatic N) is 1. The average Bonchev–Trinajstić information content (AvgIpc) is 3.11. The molecule has 0 saturated heterocycles. The highest BCUT2D eigenvalue weighted by atomic mass is 32.2. The lowest BCUT2D eigenvalue weighted by Crippen LogP contribution is -2.34. The third kappa shape index (κ3) is 4.41. The Morgan fingerprint density at radius 3 is 2.31 bits per heavy atom. The van der Waals surface area contributed by atoms with E-state index in [1.165, 1.54) is 16.7 Å². The van der Waals surface area contributed by atoms with E-state index >= 15 is 0 Å². The van der Waals surface area contributed by atoms with Crippen molar-refractivity contribution in [1.29, 1.82) is 0 Å². The predicted octanol–water partition coefficient (Wildman–Crippen LogP) is 5.63. The minimum atomic E-state index is -1.09. The summed E-state index contributed by atoms with van der Waals surface area (Å²) in [5.41, 5.74) is 3.40. The van der Waals surface area contributed by atoms with Gasteiger partial charge in [0.25, 0.3) is 0 Å². The lowest BCUT2D eigenvalue weighted by molar-refractivity contribution is 0.198. The maximum atomic E-state index is 13.1. The largest absolute Gasteiger partial charge is 0.493 e. The van der Waals surface area contributed by atoms with E-state index < -0.39 is 12.1 Å². The maximum absolute atomic E-state index is 13.1. The van der Waals surface area contributed by atoms with Crippen LogP contribution < -0.4 is 24.5 Å². The molecule has 0 saturated carbocycles. The molecule has 1 atom stereocenters. The fourth-order valence-corrected chi connectivity index (χ4v) is 5.19. The molecule has 1 aliphatic rings. The van der Waals surface area contributed by atoms with Gasteiger partial charge in [0.15, 0.2) is 16.9 Å². The van der Waals surface area contributed by atoms with Crippen molar-refractivity contribution in [3.8, 4) is 28.4 Å². The molecule has 35 heavy (non-hydrogen) atoms. The molecular formula is C27H27NO6S. The van der Waals surface area contributed by atoms with E-state index in [9.17, 15) is 14.7 Å². The fourth-order valence-electron chi connectivity index (χ4n) is 4.73.